The molecule has 0 fully saturated rings. The molecule has 0 bridgehead atoms. The van der Waals surface area contributed by atoms with Gasteiger partial charge in [-0.3, -0.25) is 9.59 Å². The first-order valence-corrected chi connectivity index (χ1v) is 12.1. The lowest BCUT2D eigenvalue weighted by atomic mass is 9.93. The molecule has 0 aliphatic rings. The largest absolute Gasteiger partial charge is 0.444 e. The predicted octanol–water partition coefficient (Wildman–Crippen LogP) is 3.77. The first-order chi connectivity index (χ1) is 15.8. The van der Waals surface area contributed by atoms with Crippen molar-refractivity contribution in [2.45, 2.75) is 98.4 Å². The number of hydrogen-bond donors (Lipinski definition) is 3. The summed E-state index contributed by atoms with van der Waals surface area (Å²) in [4.78, 5) is 41.0. The molecule has 192 valence electrons. The van der Waals surface area contributed by atoms with Crippen LogP contribution in [0.15, 0.2) is 18.2 Å². The van der Waals surface area contributed by atoms with Crippen LogP contribution in [0.3, 0.4) is 0 Å². The second-order valence-electron chi connectivity index (χ2n) is 9.99. The number of aryl methyl sites for hydroxylation is 2. The maximum Gasteiger partial charge on any atom is 0.408 e. The summed E-state index contributed by atoms with van der Waals surface area (Å²) in [6.45, 7) is 14.4. The first kappa shape index (κ1) is 29.4. The van der Waals surface area contributed by atoms with Crippen LogP contribution in [0.25, 0.3) is 0 Å². The molecular weight excluding hydrogens is 434 g/mol. The number of unbranched alkanes of at least 4 members (excludes halogenated alkanes) is 2. The van der Waals surface area contributed by atoms with Gasteiger partial charge in [0, 0.05) is 12.6 Å². The quantitative estimate of drug-likeness (QED) is 0.421. The molecule has 3 N–H and O–H groups in total. The number of ether oxygens (including phenoxy) is 1. The Labute approximate surface area is 204 Å². The lowest BCUT2D eigenvalue weighted by molar-refractivity contribution is -0.143. The minimum atomic E-state index is -1.24. The van der Waals surface area contributed by atoms with Crippen molar-refractivity contribution in [3.05, 3.63) is 34.9 Å². The maximum absolute atomic E-state index is 13.7. The molecule has 1 aromatic rings. The summed E-state index contributed by atoms with van der Waals surface area (Å²) < 4.78 is 5.27. The average Bonchev–Trinajstić information content (AvgIpc) is 2.70. The van der Waals surface area contributed by atoms with Gasteiger partial charge in [0.15, 0.2) is 0 Å². The zero-order chi connectivity index (χ0) is 26.1. The first-order valence-electron chi connectivity index (χ1n) is 12.1. The van der Waals surface area contributed by atoms with Crippen molar-refractivity contribution in [3.63, 3.8) is 0 Å². The Morgan fingerprint density at radius 3 is 2.12 bits per heavy atom. The van der Waals surface area contributed by atoms with Gasteiger partial charge in [-0.2, -0.15) is 0 Å². The van der Waals surface area contributed by atoms with Gasteiger partial charge in [0.1, 0.15) is 17.7 Å². The molecule has 1 aromatic carbocycles. The van der Waals surface area contributed by atoms with E-state index in [1.165, 1.54) is 4.90 Å². The summed E-state index contributed by atoms with van der Waals surface area (Å²) in [5.41, 5.74) is 1.77. The van der Waals surface area contributed by atoms with Gasteiger partial charge in [-0.1, -0.05) is 38.0 Å². The van der Waals surface area contributed by atoms with Crippen LogP contribution in [-0.2, 0) is 14.3 Å². The van der Waals surface area contributed by atoms with E-state index in [9.17, 15) is 19.5 Å². The second-order valence-corrected chi connectivity index (χ2v) is 9.99. The smallest absolute Gasteiger partial charge is 0.408 e. The van der Waals surface area contributed by atoms with Crippen molar-refractivity contribution in [2.24, 2.45) is 0 Å². The van der Waals surface area contributed by atoms with Gasteiger partial charge in [0.2, 0.25) is 11.8 Å². The minimum Gasteiger partial charge on any atom is -0.444 e. The van der Waals surface area contributed by atoms with E-state index in [2.05, 4.69) is 17.6 Å². The molecule has 3 amide bonds. The summed E-state index contributed by atoms with van der Waals surface area (Å²) in [5, 5.41) is 15.4. The van der Waals surface area contributed by atoms with E-state index in [1.54, 1.807) is 20.8 Å². The Hall–Kier alpha value is -2.61. The van der Waals surface area contributed by atoms with E-state index in [-0.39, 0.29) is 11.9 Å². The number of benzene rings is 1. The summed E-state index contributed by atoms with van der Waals surface area (Å²) >= 11 is 0. The zero-order valence-corrected chi connectivity index (χ0v) is 22.0. The lowest BCUT2D eigenvalue weighted by Gasteiger charge is -2.35. The van der Waals surface area contributed by atoms with Crippen molar-refractivity contribution in [1.29, 1.82) is 0 Å². The molecule has 34 heavy (non-hydrogen) atoms. The number of rotatable bonds is 11. The van der Waals surface area contributed by atoms with Gasteiger partial charge in [-0.05, 0) is 71.6 Å². The highest BCUT2D eigenvalue weighted by atomic mass is 16.6. The van der Waals surface area contributed by atoms with E-state index >= 15 is 0 Å². The van der Waals surface area contributed by atoms with Crippen LogP contribution in [0.1, 0.15) is 83.5 Å². The van der Waals surface area contributed by atoms with Crippen LogP contribution in [0.5, 0.6) is 0 Å². The van der Waals surface area contributed by atoms with Crippen molar-refractivity contribution < 1.29 is 24.2 Å². The number of amides is 3. The summed E-state index contributed by atoms with van der Waals surface area (Å²) in [6, 6.07) is 3.47. The molecule has 0 radical (unpaired) electrons. The van der Waals surface area contributed by atoms with Gasteiger partial charge < -0.3 is 25.4 Å². The molecule has 0 aromatic heterocycles. The Balaban J connectivity index is 3.47. The van der Waals surface area contributed by atoms with Crippen LogP contribution >= 0.6 is 0 Å². The third-order valence-corrected chi connectivity index (χ3v) is 5.26. The Kier molecular flexibility index (Phi) is 11.5. The van der Waals surface area contributed by atoms with Crippen molar-refractivity contribution in [3.8, 4) is 0 Å². The van der Waals surface area contributed by atoms with E-state index in [1.807, 2.05) is 45.9 Å². The van der Waals surface area contributed by atoms with Crippen LogP contribution < -0.4 is 10.6 Å². The number of carbonyl (C=O) groups excluding carboxylic acids is 3. The van der Waals surface area contributed by atoms with E-state index < -0.39 is 36.3 Å². The number of hydrogen-bond acceptors (Lipinski definition) is 5. The van der Waals surface area contributed by atoms with Gasteiger partial charge in [-0.15, -0.1) is 0 Å². The standard InChI is InChI=1S/C26H43N3O5/c1-9-10-11-15-29(24(32)20(16-30)28-25(33)34-26(6,7)8)22(23(31)27-17(2)3)21-18(4)13-12-14-19(21)5/h12-14,17,20,22,30H,9-11,15-16H2,1-8H3,(H,27,31)(H,28,33). The number of carbonyl (C=O) groups is 3. The highest BCUT2D eigenvalue weighted by molar-refractivity contribution is 5.92. The molecule has 2 unspecified atom stereocenters. The fourth-order valence-electron chi connectivity index (χ4n) is 3.78. The average molecular weight is 478 g/mol. The molecule has 0 saturated carbocycles. The fraction of sp³-hybridized carbons (Fsp3) is 0.654. The summed E-state index contributed by atoms with van der Waals surface area (Å²) in [7, 11) is 0. The van der Waals surface area contributed by atoms with Crippen LogP contribution in [0, 0.1) is 13.8 Å². The van der Waals surface area contributed by atoms with Crippen molar-refractivity contribution in [1.82, 2.24) is 15.5 Å². The molecule has 8 nitrogen and oxygen atoms in total. The predicted molar refractivity (Wildman–Crippen MR) is 133 cm³/mol. The summed E-state index contributed by atoms with van der Waals surface area (Å²) in [5.74, 6) is -0.831. The van der Waals surface area contributed by atoms with Gasteiger partial charge in [-0.25, -0.2) is 4.79 Å². The van der Waals surface area contributed by atoms with Crippen molar-refractivity contribution in [2.75, 3.05) is 13.2 Å². The topological polar surface area (TPSA) is 108 Å². The number of aliphatic hydroxyl groups is 1. The Morgan fingerprint density at radius 2 is 1.65 bits per heavy atom. The molecule has 2 atom stereocenters. The van der Waals surface area contributed by atoms with Crippen molar-refractivity contribution >= 4 is 17.9 Å². The molecule has 0 saturated heterocycles. The van der Waals surface area contributed by atoms with Gasteiger partial charge in [0.25, 0.3) is 0 Å². The fourth-order valence-corrected chi connectivity index (χ4v) is 3.78. The monoisotopic (exact) mass is 477 g/mol. The second kappa shape index (κ2) is 13.3. The third-order valence-electron chi connectivity index (χ3n) is 5.26. The third kappa shape index (κ3) is 8.97. The number of alkyl carbamates (subject to hydrolysis) is 1. The normalized spacial score (nSPS) is 13.2. The molecule has 8 heteroatoms. The van der Waals surface area contributed by atoms with E-state index in [4.69, 9.17) is 4.74 Å². The Bertz CT molecular complexity index is 812. The van der Waals surface area contributed by atoms with Crippen LogP contribution in [-0.4, -0.2) is 58.8 Å². The number of aliphatic hydroxyl groups excluding tert-OH is 1. The number of nitrogens with one attached hydrogen (secondary N) is 2. The molecule has 0 aliphatic heterocycles. The highest BCUT2D eigenvalue weighted by Gasteiger charge is 2.37. The molecule has 0 aliphatic carbocycles. The van der Waals surface area contributed by atoms with Crippen LogP contribution in [0.4, 0.5) is 4.79 Å². The molecular formula is C26H43N3O5. The SMILES string of the molecule is CCCCCN(C(=O)C(CO)NC(=O)OC(C)(C)C)C(C(=O)NC(C)C)c1c(C)cccc1C. The Morgan fingerprint density at radius 1 is 1.06 bits per heavy atom. The lowest BCUT2D eigenvalue weighted by Crippen LogP contribution is -2.55. The minimum absolute atomic E-state index is 0.125. The van der Waals surface area contributed by atoms with Gasteiger partial charge in [0.05, 0.1) is 6.61 Å². The molecule has 0 spiro atoms. The summed E-state index contributed by atoms with van der Waals surface area (Å²) in [6.07, 6.45) is 1.69. The molecule has 0 heterocycles. The highest BCUT2D eigenvalue weighted by Crippen LogP contribution is 2.29. The van der Waals surface area contributed by atoms with E-state index in [0.29, 0.717) is 13.0 Å². The number of nitrogens with zero attached hydrogens (tertiary/aromatic N) is 1. The van der Waals surface area contributed by atoms with Crippen LogP contribution in [0.2, 0.25) is 0 Å². The zero-order valence-electron chi connectivity index (χ0n) is 22.0. The van der Waals surface area contributed by atoms with E-state index in [0.717, 1.165) is 29.5 Å². The molecule has 1 rings (SSSR count). The maximum atomic E-state index is 13.7. The van der Waals surface area contributed by atoms with Gasteiger partial charge >= 0.3 is 6.09 Å².